The Morgan fingerprint density at radius 1 is 1.12 bits per heavy atom. The molecular weight excluding hydrogens is 420 g/mol. The Bertz CT molecular complexity index is 1060. The number of hydrogen-bond donors (Lipinski definition) is 0. The SMILES string of the molecule is CC(C)c1ccc(CN2CCC3(CCC=C(CCC(=O)CC#N)CC3)Oc3ccccc32)cc1. The summed E-state index contributed by atoms with van der Waals surface area (Å²) >= 11 is 0. The van der Waals surface area contributed by atoms with Crippen molar-refractivity contribution in [2.24, 2.45) is 0 Å². The number of para-hydroxylation sites is 2. The van der Waals surface area contributed by atoms with Gasteiger partial charge >= 0.3 is 0 Å². The smallest absolute Gasteiger partial charge is 0.147 e. The molecule has 1 aliphatic carbocycles. The van der Waals surface area contributed by atoms with Crippen LogP contribution in [0.3, 0.4) is 0 Å². The van der Waals surface area contributed by atoms with Crippen molar-refractivity contribution in [3.8, 4) is 11.8 Å². The van der Waals surface area contributed by atoms with Gasteiger partial charge < -0.3 is 9.64 Å². The summed E-state index contributed by atoms with van der Waals surface area (Å²) in [5, 5.41) is 8.73. The van der Waals surface area contributed by atoms with Gasteiger partial charge in [0.05, 0.1) is 18.2 Å². The molecule has 178 valence electrons. The van der Waals surface area contributed by atoms with Crippen molar-refractivity contribution in [1.29, 1.82) is 5.26 Å². The van der Waals surface area contributed by atoms with Gasteiger partial charge in [-0.05, 0) is 61.3 Å². The van der Waals surface area contributed by atoms with Crippen molar-refractivity contribution < 1.29 is 9.53 Å². The Balaban J connectivity index is 1.46. The lowest BCUT2D eigenvalue weighted by molar-refractivity contribution is -0.118. The fraction of sp³-hybridized carbons (Fsp3) is 0.467. The Labute approximate surface area is 204 Å². The number of fused-ring (bicyclic) bond motifs is 1. The number of rotatable bonds is 7. The van der Waals surface area contributed by atoms with Gasteiger partial charge in [0, 0.05) is 25.9 Å². The lowest BCUT2D eigenvalue weighted by atomic mass is 9.89. The molecule has 0 aromatic heterocycles. The van der Waals surface area contributed by atoms with Gasteiger partial charge in [-0.1, -0.05) is 61.9 Å². The Kier molecular flexibility index (Phi) is 7.73. The highest BCUT2D eigenvalue weighted by Gasteiger charge is 2.37. The second kappa shape index (κ2) is 10.9. The van der Waals surface area contributed by atoms with Crippen LogP contribution in [0.2, 0.25) is 0 Å². The van der Waals surface area contributed by atoms with Crippen molar-refractivity contribution in [3.05, 3.63) is 71.3 Å². The summed E-state index contributed by atoms with van der Waals surface area (Å²) in [7, 11) is 0. The summed E-state index contributed by atoms with van der Waals surface area (Å²) in [5.74, 6) is 1.56. The van der Waals surface area contributed by atoms with Gasteiger partial charge in [0.15, 0.2) is 0 Å². The molecule has 2 aliphatic rings. The van der Waals surface area contributed by atoms with Crippen LogP contribution in [-0.4, -0.2) is 17.9 Å². The van der Waals surface area contributed by atoms with Crippen molar-refractivity contribution >= 4 is 11.5 Å². The van der Waals surface area contributed by atoms with Crippen molar-refractivity contribution in [2.75, 3.05) is 11.4 Å². The number of allylic oxidation sites excluding steroid dienone is 2. The van der Waals surface area contributed by atoms with Gasteiger partial charge in [-0.3, -0.25) is 4.79 Å². The van der Waals surface area contributed by atoms with Crippen LogP contribution in [0.25, 0.3) is 0 Å². The number of nitriles is 1. The highest BCUT2D eigenvalue weighted by atomic mass is 16.5. The summed E-state index contributed by atoms with van der Waals surface area (Å²) in [4.78, 5) is 14.3. The Morgan fingerprint density at radius 2 is 1.91 bits per heavy atom. The van der Waals surface area contributed by atoms with E-state index >= 15 is 0 Å². The van der Waals surface area contributed by atoms with E-state index in [9.17, 15) is 4.79 Å². The molecule has 1 atom stereocenters. The summed E-state index contributed by atoms with van der Waals surface area (Å²) in [6.45, 7) is 6.29. The maximum absolute atomic E-state index is 11.8. The van der Waals surface area contributed by atoms with Crippen LogP contribution in [0, 0.1) is 11.3 Å². The van der Waals surface area contributed by atoms with Crippen LogP contribution in [0.1, 0.15) is 82.3 Å². The minimum Gasteiger partial charge on any atom is -0.485 e. The predicted molar refractivity (Wildman–Crippen MR) is 137 cm³/mol. The van der Waals surface area contributed by atoms with Crippen LogP contribution in [-0.2, 0) is 11.3 Å². The van der Waals surface area contributed by atoms with E-state index in [0.29, 0.717) is 12.3 Å². The predicted octanol–water partition coefficient (Wildman–Crippen LogP) is 7.10. The zero-order chi connectivity index (χ0) is 24.0. The van der Waals surface area contributed by atoms with E-state index < -0.39 is 0 Å². The van der Waals surface area contributed by atoms with Gasteiger partial charge in [-0.25, -0.2) is 0 Å². The maximum atomic E-state index is 11.8. The molecule has 34 heavy (non-hydrogen) atoms. The normalized spacial score (nSPS) is 20.1. The number of anilines is 1. The minimum absolute atomic E-state index is 0.0210. The standard InChI is InChI=1S/C30H36N2O2/c1-23(2)26-12-9-25(10-13-26)22-32-21-19-30(34-29-8-4-3-7-28(29)32)17-5-6-24(15-18-30)11-14-27(33)16-20-31/h3-4,6-10,12-13,23H,5,11,14-19,21-22H2,1-2H3. The number of ether oxygens (including phenoxy) is 1. The average molecular weight is 457 g/mol. The molecular formula is C30H36N2O2. The van der Waals surface area contributed by atoms with Gasteiger partial charge in [0.2, 0.25) is 0 Å². The summed E-state index contributed by atoms with van der Waals surface area (Å²) in [6, 6.07) is 19.4. The number of ketones is 1. The molecule has 4 rings (SSSR count). The van der Waals surface area contributed by atoms with Crippen molar-refractivity contribution in [2.45, 2.75) is 83.3 Å². The molecule has 0 radical (unpaired) electrons. The van der Waals surface area contributed by atoms with E-state index in [1.165, 1.54) is 22.4 Å². The second-order valence-electron chi connectivity index (χ2n) is 10.1. The van der Waals surface area contributed by atoms with Gasteiger partial charge in [0.25, 0.3) is 0 Å². The molecule has 4 nitrogen and oxygen atoms in total. The molecule has 1 spiro atoms. The highest BCUT2D eigenvalue weighted by Crippen LogP contribution is 2.42. The molecule has 1 unspecified atom stereocenters. The summed E-state index contributed by atoms with van der Waals surface area (Å²) < 4.78 is 6.81. The second-order valence-corrected chi connectivity index (χ2v) is 10.1. The number of hydrogen-bond acceptors (Lipinski definition) is 4. The Morgan fingerprint density at radius 3 is 2.68 bits per heavy atom. The fourth-order valence-electron chi connectivity index (χ4n) is 5.15. The first kappa shape index (κ1) is 24.1. The lowest BCUT2D eigenvalue weighted by Gasteiger charge is -2.32. The number of nitrogens with zero attached hydrogens (tertiary/aromatic N) is 2. The topological polar surface area (TPSA) is 53.3 Å². The molecule has 2 aromatic rings. The molecule has 0 amide bonds. The molecule has 1 aliphatic heterocycles. The van der Waals surface area contributed by atoms with E-state index in [0.717, 1.165) is 57.4 Å². The first-order valence-electron chi connectivity index (χ1n) is 12.7. The molecule has 0 bridgehead atoms. The van der Waals surface area contributed by atoms with Crippen LogP contribution >= 0.6 is 0 Å². The third-order valence-corrected chi connectivity index (χ3v) is 7.33. The van der Waals surface area contributed by atoms with E-state index in [4.69, 9.17) is 10.00 Å². The van der Waals surface area contributed by atoms with Crippen LogP contribution in [0.4, 0.5) is 5.69 Å². The zero-order valence-corrected chi connectivity index (χ0v) is 20.6. The molecule has 1 heterocycles. The van der Waals surface area contributed by atoms with E-state index in [1.54, 1.807) is 0 Å². The molecule has 4 heteroatoms. The number of benzene rings is 2. The van der Waals surface area contributed by atoms with Crippen LogP contribution < -0.4 is 9.64 Å². The van der Waals surface area contributed by atoms with Crippen LogP contribution in [0.5, 0.6) is 5.75 Å². The number of carbonyl (C=O) groups excluding carboxylic acids is 1. The third-order valence-electron chi connectivity index (χ3n) is 7.33. The molecule has 0 saturated carbocycles. The summed E-state index contributed by atoms with van der Waals surface area (Å²) in [6.07, 6.45) is 8.45. The van der Waals surface area contributed by atoms with E-state index in [1.807, 2.05) is 6.07 Å². The lowest BCUT2D eigenvalue weighted by Crippen LogP contribution is -2.37. The third kappa shape index (κ3) is 5.89. The van der Waals surface area contributed by atoms with E-state index in [-0.39, 0.29) is 17.8 Å². The van der Waals surface area contributed by atoms with Gasteiger partial charge in [-0.15, -0.1) is 0 Å². The van der Waals surface area contributed by atoms with Crippen LogP contribution in [0.15, 0.2) is 60.2 Å². The largest absolute Gasteiger partial charge is 0.485 e. The number of Topliss-reactive ketones (excluding diaryl/α,β-unsaturated/α-hetero) is 1. The minimum atomic E-state index is -0.179. The zero-order valence-electron chi connectivity index (χ0n) is 20.6. The summed E-state index contributed by atoms with van der Waals surface area (Å²) in [5.41, 5.74) is 5.03. The maximum Gasteiger partial charge on any atom is 0.147 e. The van der Waals surface area contributed by atoms with Gasteiger partial charge in [-0.2, -0.15) is 5.26 Å². The molecule has 2 aromatic carbocycles. The monoisotopic (exact) mass is 456 g/mol. The first-order valence-corrected chi connectivity index (χ1v) is 12.7. The molecule has 0 saturated heterocycles. The first-order chi connectivity index (χ1) is 16.5. The van der Waals surface area contributed by atoms with Crippen molar-refractivity contribution in [1.82, 2.24) is 0 Å². The molecule has 0 fully saturated rings. The highest BCUT2D eigenvalue weighted by molar-refractivity contribution is 5.80. The quantitative estimate of drug-likeness (QED) is 0.417. The Hall–Kier alpha value is -3.06. The number of carbonyl (C=O) groups is 1. The average Bonchev–Trinajstić information content (AvgIpc) is 3.12. The van der Waals surface area contributed by atoms with E-state index in [2.05, 4.69) is 73.4 Å². The molecule has 0 N–H and O–H groups in total. The fourth-order valence-corrected chi connectivity index (χ4v) is 5.15. The van der Waals surface area contributed by atoms with Gasteiger partial charge in [0.1, 0.15) is 17.1 Å². The van der Waals surface area contributed by atoms with Crippen molar-refractivity contribution in [3.63, 3.8) is 0 Å².